The van der Waals surface area contributed by atoms with Crippen LogP contribution in [0.5, 0.6) is 0 Å². The van der Waals surface area contributed by atoms with Gasteiger partial charge in [0.15, 0.2) is 6.10 Å². The average molecular weight is 322 g/mol. The summed E-state index contributed by atoms with van der Waals surface area (Å²) in [5.74, 6) is 0.275. The Kier molecular flexibility index (Phi) is 5.30. The van der Waals surface area contributed by atoms with Crippen molar-refractivity contribution in [3.63, 3.8) is 0 Å². The van der Waals surface area contributed by atoms with Gasteiger partial charge in [-0.1, -0.05) is 0 Å². The maximum atomic E-state index is 12.6. The van der Waals surface area contributed by atoms with Gasteiger partial charge in [-0.15, -0.1) is 0 Å². The number of aliphatic hydroxyl groups excluding tert-OH is 1. The minimum atomic E-state index is -1.11. The van der Waals surface area contributed by atoms with Gasteiger partial charge in [0.2, 0.25) is 0 Å². The van der Waals surface area contributed by atoms with Crippen LogP contribution in [-0.2, 0) is 16.6 Å². The van der Waals surface area contributed by atoms with Crippen LogP contribution in [0.1, 0.15) is 24.5 Å². The van der Waals surface area contributed by atoms with Crippen LogP contribution >= 0.6 is 0 Å². The highest BCUT2D eigenvalue weighted by Gasteiger charge is 2.30. The molecular formula is C16H26N4O3. The Balaban J connectivity index is 1.55. The third kappa shape index (κ3) is 4.10. The van der Waals surface area contributed by atoms with E-state index in [0.29, 0.717) is 11.5 Å². The van der Waals surface area contributed by atoms with Gasteiger partial charge >= 0.3 is 0 Å². The molecule has 7 heteroatoms. The van der Waals surface area contributed by atoms with Crippen molar-refractivity contribution in [2.24, 2.45) is 13.0 Å². The van der Waals surface area contributed by atoms with E-state index in [1.165, 1.54) is 0 Å². The average Bonchev–Trinajstić information content (AvgIpc) is 3.01. The van der Waals surface area contributed by atoms with E-state index in [4.69, 9.17) is 4.74 Å². The molecule has 1 N–H and O–H groups in total. The first-order valence-electron chi connectivity index (χ1n) is 8.39. The summed E-state index contributed by atoms with van der Waals surface area (Å²) in [6.45, 7) is 6.02. The second-order valence-electron chi connectivity index (χ2n) is 6.56. The summed E-state index contributed by atoms with van der Waals surface area (Å²) in [5, 5.41) is 14.3. The second-order valence-corrected chi connectivity index (χ2v) is 6.56. The predicted molar refractivity (Wildman–Crippen MR) is 84.7 cm³/mol. The van der Waals surface area contributed by atoms with Gasteiger partial charge in [-0.05, 0) is 18.8 Å². The number of carbonyl (C=O) groups excluding carboxylic acids is 1. The van der Waals surface area contributed by atoms with Gasteiger partial charge in [-0.2, -0.15) is 5.10 Å². The molecule has 1 amide bonds. The van der Waals surface area contributed by atoms with E-state index in [2.05, 4.69) is 10.00 Å². The van der Waals surface area contributed by atoms with Gasteiger partial charge in [-0.25, -0.2) is 0 Å². The van der Waals surface area contributed by atoms with Crippen molar-refractivity contribution in [3.05, 3.63) is 18.0 Å². The molecule has 0 saturated carbocycles. The fourth-order valence-corrected chi connectivity index (χ4v) is 3.46. The van der Waals surface area contributed by atoms with Crippen molar-refractivity contribution in [2.45, 2.75) is 18.9 Å². The van der Waals surface area contributed by atoms with Gasteiger partial charge in [0, 0.05) is 51.5 Å². The lowest BCUT2D eigenvalue weighted by atomic mass is 9.96. The smallest absolute Gasteiger partial charge is 0.256 e. The number of amides is 1. The Bertz CT molecular complexity index is 527. The summed E-state index contributed by atoms with van der Waals surface area (Å²) in [6.07, 6.45) is 4.28. The van der Waals surface area contributed by atoms with E-state index in [1.807, 2.05) is 4.90 Å². The number of piperidine rings is 1. The molecule has 3 heterocycles. The molecule has 0 bridgehead atoms. The molecule has 7 nitrogen and oxygen atoms in total. The maximum absolute atomic E-state index is 12.6. The second kappa shape index (κ2) is 7.42. The van der Waals surface area contributed by atoms with Crippen molar-refractivity contribution >= 4 is 5.91 Å². The minimum Gasteiger partial charge on any atom is -0.379 e. The zero-order chi connectivity index (χ0) is 16.2. The molecule has 23 heavy (non-hydrogen) atoms. The van der Waals surface area contributed by atoms with Gasteiger partial charge in [0.05, 0.1) is 19.4 Å². The lowest BCUT2D eigenvalue weighted by Gasteiger charge is -2.37. The van der Waals surface area contributed by atoms with Crippen molar-refractivity contribution in [1.29, 1.82) is 0 Å². The van der Waals surface area contributed by atoms with Gasteiger partial charge in [0.25, 0.3) is 5.91 Å². The van der Waals surface area contributed by atoms with Crippen molar-refractivity contribution in [1.82, 2.24) is 19.6 Å². The first kappa shape index (κ1) is 16.4. The summed E-state index contributed by atoms with van der Waals surface area (Å²) in [5.41, 5.74) is 0.563. The number of hydrogen-bond donors (Lipinski definition) is 1. The molecule has 0 spiro atoms. The summed E-state index contributed by atoms with van der Waals surface area (Å²) in [6, 6.07) is 0. The number of rotatable bonds is 4. The standard InChI is InChI=1S/C16H26N4O3/c1-18-12-14(9-17-18)15(21)16(22)20-4-2-3-13(11-20)10-19-5-7-23-8-6-19/h9,12-13,15,21H,2-8,10-11H2,1H3/t13-,15-/m0/s1. The summed E-state index contributed by atoms with van der Waals surface area (Å²) >= 11 is 0. The fourth-order valence-electron chi connectivity index (χ4n) is 3.46. The van der Waals surface area contributed by atoms with Crippen molar-refractivity contribution < 1.29 is 14.6 Å². The Morgan fingerprint density at radius 3 is 2.91 bits per heavy atom. The Morgan fingerprint density at radius 1 is 1.43 bits per heavy atom. The normalized spacial score (nSPS) is 24.6. The maximum Gasteiger partial charge on any atom is 0.256 e. The van der Waals surface area contributed by atoms with E-state index in [1.54, 1.807) is 24.1 Å². The topological polar surface area (TPSA) is 70.8 Å². The molecule has 2 saturated heterocycles. The van der Waals surface area contributed by atoms with Crippen molar-refractivity contribution in [3.8, 4) is 0 Å². The van der Waals surface area contributed by atoms with E-state index < -0.39 is 6.10 Å². The first-order chi connectivity index (χ1) is 11.1. The van der Waals surface area contributed by atoms with Crippen LogP contribution in [0, 0.1) is 5.92 Å². The number of carbonyl (C=O) groups is 1. The van der Waals surface area contributed by atoms with Crippen LogP contribution in [0.4, 0.5) is 0 Å². The summed E-state index contributed by atoms with van der Waals surface area (Å²) in [7, 11) is 1.78. The van der Waals surface area contributed by atoms with E-state index in [0.717, 1.165) is 58.8 Å². The number of morpholine rings is 1. The SMILES string of the molecule is Cn1cc([C@H](O)C(=O)N2CCC[C@@H](CN3CCOCC3)C2)cn1. The molecule has 128 valence electrons. The van der Waals surface area contributed by atoms with Crippen LogP contribution in [-0.4, -0.2) is 76.5 Å². The summed E-state index contributed by atoms with van der Waals surface area (Å²) in [4.78, 5) is 16.8. The van der Waals surface area contributed by atoms with E-state index >= 15 is 0 Å². The molecule has 0 aromatic carbocycles. The Hall–Kier alpha value is -1.44. The number of ether oxygens (including phenoxy) is 1. The highest BCUT2D eigenvalue weighted by atomic mass is 16.5. The molecule has 0 aliphatic carbocycles. The zero-order valence-corrected chi connectivity index (χ0v) is 13.7. The Morgan fingerprint density at radius 2 is 2.22 bits per heavy atom. The molecule has 1 aromatic heterocycles. The highest BCUT2D eigenvalue weighted by molar-refractivity contribution is 5.82. The molecule has 3 rings (SSSR count). The number of aromatic nitrogens is 2. The molecule has 2 atom stereocenters. The number of likely N-dealkylation sites (tertiary alicyclic amines) is 1. The third-order valence-corrected chi connectivity index (χ3v) is 4.73. The number of aryl methyl sites for hydroxylation is 1. The molecule has 0 radical (unpaired) electrons. The number of hydrogen-bond acceptors (Lipinski definition) is 5. The van der Waals surface area contributed by atoms with Crippen LogP contribution in [0.15, 0.2) is 12.4 Å². The van der Waals surface area contributed by atoms with Gasteiger partial charge in [-0.3, -0.25) is 14.4 Å². The van der Waals surface area contributed by atoms with Crippen LogP contribution in [0.25, 0.3) is 0 Å². The van der Waals surface area contributed by atoms with Gasteiger partial charge < -0.3 is 14.7 Å². The molecular weight excluding hydrogens is 296 g/mol. The highest BCUT2D eigenvalue weighted by Crippen LogP contribution is 2.22. The predicted octanol–water partition coefficient (Wildman–Crippen LogP) is 0.0243. The molecule has 0 unspecified atom stereocenters. The lowest BCUT2D eigenvalue weighted by Crippen LogP contribution is -2.47. The summed E-state index contributed by atoms with van der Waals surface area (Å²) < 4.78 is 6.98. The fraction of sp³-hybridized carbons (Fsp3) is 0.750. The quantitative estimate of drug-likeness (QED) is 0.846. The zero-order valence-electron chi connectivity index (χ0n) is 13.7. The van der Waals surface area contributed by atoms with Crippen LogP contribution < -0.4 is 0 Å². The van der Waals surface area contributed by atoms with E-state index in [9.17, 15) is 9.90 Å². The molecule has 2 aliphatic heterocycles. The largest absolute Gasteiger partial charge is 0.379 e. The van der Waals surface area contributed by atoms with Gasteiger partial charge in [0.1, 0.15) is 0 Å². The van der Waals surface area contributed by atoms with E-state index in [-0.39, 0.29) is 5.91 Å². The minimum absolute atomic E-state index is 0.204. The van der Waals surface area contributed by atoms with Crippen LogP contribution in [0.3, 0.4) is 0 Å². The molecule has 2 fully saturated rings. The number of aliphatic hydroxyl groups is 1. The van der Waals surface area contributed by atoms with Crippen molar-refractivity contribution in [2.75, 3.05) is 45.9 Å². The molecule has 1 aromatic rings. The Labute approximate surface area is 136 Å². The number of nitrogens with zero attached hydrogens (tertiary/aromatic N) is 4. The monoisotopic (exact) mass is 322 g/mol. The first-order valence-corrected chi connectivity index (χ1v) is 8.39. The lowest BCUT2D eigenvalue weighted by molar-refractivity contribution is -0.142. The van der Waals surface area contributed by atoms with Crippen LogP contribution in [0.2, 0.25) is 0 Å². The molecule has 2 aliphatic rings. The third-order valence-electron chi connectivity index (χ3n) is 4.73.